The Labute approximate surface area is 255 Å². The number of thiophene rings is 1. The van der Waals surface area contributed by atoms with Gasteiger partial charge in [0.2, 0.25) is 0 Å². The summed E-state index contributed by atoms with van der Waals surface area (Å²) in [5.41, 5.74) is 3.27. The van der Waals surface area contributed by atoms with E-state index < -0.39 is 5.97 Å². The number of aliphatic imine (C=N–C) groups is 1. The first kappa shape index (κ1) is 29.8. The number of ether oxygens (including phenoxy) is 2. The summed E-state index contributed by atoms with van der Waals surface area (Å²) in [6, 6.07) is 18.8. The minimum Gasteiger partial charge on any atom is -0.481 e. The number of nitrogens with zero attached hydrogens (tertiary/aromatic N) is 1. The lowest BCUT2D eigenvalue weighted by molar-refractivity contribution is -0.145. The summed E-state index contributed by atoms with van der Waals surface area (Å²) < 4.78 is 10.9. The van der Waals surface area contributed by atoms with Crippen molar-refractivity contribution in [1.29, 1.82) is 0 Å². The summed E-state index contributed by atoms with van der Waals surface area (Å²) in [5.74, 6) is 0.419. The molecule has 6 nitrogen and oxygen atoms in total. The molecule has 1 atom stereocenters. The van der Waals surface area contributed by atoms with Gasteiger partial charge < -0.3 is 14.8 Å². The molecule has 0 unspecified atom stereocenters. The third kappa shape index (κ3) is 6.69. The van der Waals surface area contributed by atoms with E-state index in [1.54, 1.807) is 48.7 Å². The number of halogens is 1. The van der Waals surface area contributed by atoms with E-state index in [4.69, 9.17) is 26.1 Å². The zero-order valence-corrected chi connectivity index (χ0v) is 25.9. The Hall–Kier alpha value is -3.68. The highest BCUT2D eigenvalue weighted by Gasteiger charge is 2.33. The largest absolute Gasteiger partial charge is 0.481 e. The summed E-state index contributed by atoms with van der Waals surface area (Å²) in [7, 11) is 0. The van der Waals surface area contributed by atoms with Crippen LogP contribution in [0.3, 0.4) is 0 Å². The van der Waals surface area contributed by atoms with Gasteiger partial charge in [-0.1, -0.05) is 62.7 Å². The lowest BCUT2D eigenvalue weighted by Crippen LogP contribution is -2.27. The number of hydrogen-bond donors (Lipinski definition) is 1. The molecule has 4 aromatic rings. The predicted molar refractivity (Wildman–Crippen MR) is 172 cm³/mol. The number of hydrogen-bond acceptors (Lipinski definition) is 6. The predicted octanol–water partition coefficient (Wildman–Crippen LogP) is 8.65. The molecule has 1 aromatic heterocycles. The first-order valence-electron chi connectivity index (χ1n) is 14.2. The van der Waals surface area contributed by atoms with Crippen molar-refractivity contribution in [3.05, 3.63) is 87.3 Å². The maximum atomic E-state index is 13.8. The monoisotopic (exact) mass is 602 g/mol. The van der Waals surface area contributed by atoms with E-state index in [2.05, 4.69) is 26.1 Å². The molecule has 0 saturated carbocycles. The number of nitrogens with one attached hydrogen (secondary N) is 1. The van der Waals surface area contributed by atoms with Crippen LogP contribution in [0.15, 0.2) is 65.7 Å². The minimum atomic E-state index is -0.436. The number of carbonyl (C=O) groups is 2. The first-order valence-corrected chi connectivity index (χ1v) is 15.4. The van der Waals surface area contributed by atoms with Gasteiger partial charge in [-0.2, -0.15) is 0 Å². The van der Waals surface area contributed by atoms with Crippen molar-refractivity contribution < 1.29 is 19.1 Å². The fourth-order valence-electron chi connectivity index (χ4n) is 5.36. The number of rotatable bonds is 8. The molecule has 1 aliphatic carbocycles. The average Bonchev–Trinajstić information content (AvgIpc) is 3.33. The van der Waals surface area contributed by atoms with Crippen molar-refractivity contribution in [2.24, 2.45) is 16.3 Å². The van der Waals surface area contributed by atoms with E-state index in [-0.39, 0.29) is 24.5 Å². The number of benzene rings is 3. The lowest BCUT2D eigenvalue weighted by Gasteiger charge is -2.33. The summed E-state index contributed by atoms with van der Waals surface area (Å²) in [4.78, 5) is 32.0. The smallest absolute Gasteiger partial charge is 0.344 e. The lowest BCUT2D eigenvalue weighted by atomic mass is 9.72. The van der Waals surface area contributed by atoms with Crippen LogP contribution in [-0.2, 0) is 22.4 Å². The molecule has 1 amide bonds. The van der Waals surface area contributed by atoms with Crippen LogP contribution in [0.25, 0.3) is 10.8 Å². The third-order valence-corrected chi connectivity index (χ3v) is 9.11. The van der Waals surface area contributed by atoms with Gasteiger partial charge in [0.1, 0.15) is 10.8 Å². The average molecular weight is 603 g/mol. The maximum absolute atomic E-state index is 13.8. The summed E-state index contributed by atoms with van der Waals surface area (Å²) >= 11 is 7.64. The molecule has 42 heavy (non-hydrogen) atoms. The van der Waals surface area contributed by atoms with Gasteiger partial charge in [0, 0.05) is 27.4 Å². The van der Waals surface area contributed by atoms with Gasteiger partial charge in [-0.15, -0.1) is 11.3 Å². The molecule has 218 valence electrons. The number of carbonyl (C=O) groups excluding carboxylic acids is 2. The normalized spacial score (nSPS) is 15.0. The minimum absolute atomic E-state index is 0.172. The van der Waals surface area contributed by atoms with Crippen molar-refractivity contribution >= 4 is 62.5 Å². The molecular formula is C34H35ClN2O4S. The second kappa shape index (κ2) is 12.7. The quantitative estimate of drug-likeness (QED) is 0.162. The molecule has 5 rings (SSSR count). The van der Waals surface area contributed by atoms with Crippen LogP contribution in [0.4, 0.5) is 10.7 Å². The van der Waals surface area contributed by atoms with Crippen LogP contribution in [0.5, 0.6) is 5.75 Å². The Kier molecular flexibility index (Phi) is 8.99. The zero-order chi connectivity index (χ0) is 29.9. The topological polar surface area (TPSA) is 77.0 Å². The van der Waals surface area contributed by atoms with E-state index >= 15 is 0 Å². The highest BCUT2D eigenvalue weighted by Crippen LogP contribution is 2.45. The standard InChI is InChI=1S/C34H35ClN2O4S/c1-5-40-30(38)20-41-28-17-10-21-8-6-7-9-25(21)27(28)19-36-33-31(32(39)37-24-14-12-23(35)13-15-24)26-16-11-22(34(2,3)4)18-29(26)42-33/h6-10,12-15,17,19,22H,5,11,16,18,20H2,1-4H3,(H,37,39)/t22-/m0/s1. The molecule has 0 radical (unpaired) electrons. The molecule has 0 saturated heterocycles. The summed E-state index contributed by atoms with van der Waals surface area (Å²) in [5, 5.41) is 6.26. The van der Waals surface area contributed by atoms with E-state index in [0.29, 0.717) is 32.9 Å². The van der Waals surface area contributed by atoms with Gasteiger partial charge in [0.25, 0.3) is 5.91 Å². The van der Waals surface area contributed by atoms with Crippen molar-refractivity contribution in [2.45, 2.75) is 47.0 Å². The fourth-order valence-corrected chi connectivity index (χ4v) is 6.75. The highest BCUT2D eigenvalue weighted by atomic mass is 35.5. The van der Waals surface area contributed by atoms with Gasteiger partial charge in [0.15, 0.2) is 6.61 Å². The van der Waals surface area contributed by atoms with Gasteiger partial charge >= 0.3 is 5.97 Å². The van der Waals surface area contributed by atoms with Crippen molar-refractivity contribution in [2.75, 3.05) is 18.5 Å². The number of esters is 1. The van der Waals surface area contributed by atoms with E-state index in [9.17, 15) is 9.59 Å². The second-order valence-electron chi connectivity index (χ2n) is 11.5. The Balaban J connectivity index is 1.55. The van der Waals surface area contributed by atoms with Crippen LogP contribution in [0.2, 0.25) is 5.02 Å². The Bertz CT molecular complexity index is 1640. The Morgan fingerprint density at radius 3 is 2.60 bits per heavy atom. The molecule has 8 heteroatoms. The molecular weight excluding hydrogens is 568 g/mol. The van der Waals surface area contributed by atoms with Crippen LogP contribution in [0, 0.1) is 11.3 Å². The van der Waals surface area contributed by atoms with Crippen molar-refractivity contribution in [3.63, 3.8) is 0 Å². The molecule has 0 spiro atoms. The Morgan fingerprint density at radius 1 is 1.10 bits per heavy atom. The van der Waals surface area contributed by atoms with Crippen LogP contribution in [0.1, 0.15) is 60.5 Å². The molecule has 0 aliphatic heterocycles. The van der Waals surface area contributed by atoms with Crippen molar-refractivity contribution in [3.8, 4) is 5.75 Å². The summed E-state index contributed by atoms with van der Waals surface area (Å²) in [6.45, 7) is 8.68. The van der Waals surface area contributed by atoms with Gasteiger partial charge in [0.05, 0.1) is 12.2 Å². The van der Waals surface area contributed by atoms with Crippen LogP contribution < -0.4 is 10.1 Å². The third-order valence-electron chi connectivity index (χ3n) is 7.69. The maximum Gasteiger partial charge on any atom is 0.344 e. The first-order chi connectivity index (χ1) is 20.1. The van der Waals surface area contributed by atoms with E-state index in [1.807, 2.05) is 36.4 Å². The molecule has 1 heterocycles. The highest BCUT2D eigenvalue weighted by molar-refractivity contribution is 7.16. The van der Waals surface area contributed by atoms with Gasteiger partial charge in [-0.05, 0) is 84.2 Å². The Morgan fingerprint density at radius 2 is 1.86 bits per heavy atom. The van der Waals surface area contributed by atoms with Crippen molar-refractivity contribution in [1.82, 2.24) is 0 Å². The van der Waals surface area contributed by atoms with E-state index in [1.165, 1.54) is 4.88 Å². The van der Waals surface area contributed by atoms with Crippen LogP contribution in [-0.4, -0.2) is 31.3 Å². The summed E-state index contributed by atoms with van der Waals surface area (Å²) in [6.07, 6.45) is 4.52. The molecule has 0 fully saturated rings. The second-order valence-corrected chi connectivity index (χ2v) is 13.0. The number of fused-ring (bicyclic) bond motifs is 2. The zero-order valence-electron chi connectivity index (χ0n) is 24.3. The van der Waals surface area contributed by atoms with Gasteiger partial charge in [-0.25, -0.2) is 9.79 Å². The molecule has 1 aliphatic rings. The van der Waals surface area contributed by atoms with E-state index in [0.717, 1.165) is 41.2 Å². The molecule has 0 bridgehead atoms. The number of anilines is 1. The van der Waals surface area contributed by atoms with Gasteiger partial charge in [-0.3, -0.25) is 4.79 Å². The SMILES string of the molecule is CCOC(=O)COc1ccc2ccccc2c1C=Nc1sc2c(c1C(=O)Nc1ccc(Cl)cc1)CC[C@H](C(C)(C)C)C2. The fraction of sp³-hybridized carbons (Fsp3) is 0.324. The molecule has 3 aromatic carbocycles. The molecule has 1 N–H and O–H groups in total. The number of amides is 1. The van der Waals surface area contributed by atoms with Crippen LogP contribution >= 0.6 is 22.9 Å².